The van der Waals surface area contributed by atoms with Crippen molar-refractivity contribution in [1.29, 1.82) is 0 Å². The van der Waals surface area contributed by atoms with Gasteiger partial charge in [0, 0.05) is 23.3 Å². The lowest BCUT2D eigenvalue weighted by molar-refractivity contribution is 0.322. The summed E-state index contributed by atoms with van der Waals surface area (Å²) in [4.78, 5) is 0. The molecule has 0 unspecified atom stereocenters. The second-order valence-electron chi connectivity index (χ2n) is 1.80. The highest BCUT2D eigenvalue weighted by atomic mass is 32.2. The molecule has 0 bridgehead atoms. The van der Waals surface area contributed by atoms with Gasteiger partial charge in [-0.3, -0.25) is 5.32 Å². The minimum absolute atomic E-state index is 0.246. The lowest BCUT2D eigenvalue weighted by atomic mass is 10.9. The third-order valence-electron chi connectivity index (χ3n) is 0.879. The van der Waals surface area contributed by atoms with Gasteiger partial charge in [-0.1, -0.05) is 0 Å². The van der Waals surface area contributed by atoms with E-state index in [-0.39, 0.29) is 13.2 Å². The van der Waals surface area contributed by atoms with Crippen LogP contribution in [0.2, 0.25) is 0 Å². The van der Waals surface area contributed by atoms with Crippen molar-refractivity contribution in [3.8, 4) is 0 Å². The molecule has 3 nitrogen and oxygen atoms in total. The molecule has 0 aromatic carbocycles. The van der Waals surface area contributed by atoms with Gasteiger partial charge in [-0.05, 0) is 0 Å². The van der Waals surface area contributed by atoms with Crippen LogP contribution < -0.4 is 5.32 Å². The van der Waals surface area contributed by atoms with Crippen molar-refractivity contribution in [2.45, 2.75) is 0 Å². The van der Waals surface area contributed by atoms with Crippen molar-refractivity contribution in [3.05, 3.63) is 0 Å². The summed E-state index contributed by atoms with van der Waals surface area (Å²) in [6.07, 6.45) is 0. The van der Waals surface area contributed by atoms with Crippen LogP contribution in [0.1, 0.15) is 0 Å². The smallest absolute Gasteiger partial charge is 0.0522 e. The number of aliphatic hydroxyl groups excluding tert-OH is 2. The number of nitrogens with one attached hydrogen (secondary N) is 1. The van der Waals surface area contributed by atoms with Crippen LogP contribution in [0.5, 0.6) is 0 Å². The molecule has 0 saturated heterocycles. The fourth-order valence-corrected chi connectivity index (χ4v) is 1.63. The van der Waals surface area contributed by atoms with Gasteiger partial charge in [-0.25, -0.2) is 0 Å². The van der Waals surface area contributed by atoms with E-state index in [0.29, 0.717) is 0 Å². The van der Waals surface area contributed by atoms with E-state index >= 15 is 0 Å². The predicted molar refractivity (Wildman–Crippen MR) is 52.0 cm³/mol. The number of rotatable bonds is 8. The van der Waals surface area contributed by atoms with Crippen LogP contribution in [0.3, 0.4) is 0 Å². The summed E-state index contributed by atoms with van der Waals surface area (Å²) < 4.78 is 0. The summed E-state index contributed by atoms with van der Waals surface area (Å²) in [5.74, 6) is 3.33. The Balaban J connectivity index is 2.69. The molecule has 11 heavy (non-hydrogen) atoms. The molecule has 0 aliphatic rings. The molecule has 0 aromatic rings. The van der Waals surface area contributed by atoms with Gasteiger partial charge in [-0.2, -0.15) is 0 Å². The standard InChI is InChI=1S/C6H15NO2S2/c8-1-3-10-5-7-6-11-4-2-9/h7-9H,1-6H2. The van der Waals surface area contributed by atoms with Crippen molar-refractivity contribution in [2.24, 2.45) is 0 Å². The molecule has 0 saturated carbocycles. The van der Waals surface area contributed by atoms with Crippen LogP contribution in [0, 0.1) is 0 Å². The highest BCUT2D eigenvalue weighted by Gasteiger charge is 1.87. The highest BCUT2D eigenvalue weighted by molar-refractivity contribution is 8.00. The molecule has 0 radical (unpaired) electrons. The molecule has 0 atom stereocenters. The first kappa shape index (κ1) is 11.6. The first-order valence-corrected chi connectivity index (χ1v) is 5.80. The van der Waals surface area contributed by atoms with E-state index in [1.54, 1.807) is 23.5 Å². The van der Waals surface area contributed by atoms with E-state index in [2.05, 4.69) is 5.32 Å². The van der Waals surface area contributed by atoms with E-state index in [0.717, 1.165) is 23.3 Å². The maximum Gasteiger partial charge on any atom is 0.0522 e. The maximum atomic E-state index is 8.42. The van der Waals surface area contributed by atoms with Crippen LogP contribution >= 0.6 is 23.5 Å². The minimum atomic E-state index is 0.246. The quantitative estimate of drug-likeness (QED) is 0.376. The SMILES string of the molecule is OCCSCNCSCCO. The van der Waals surface area contributed by atoms with Gasteiger partial charge in [0.25, 0.3) is 0 Å². The van der Waals surface area contributed by atoms with E-state index in [1.807, 2.05) is 0 Å². The molecule has 3 N–H and O–H groups in total. The Morgan fingerprint density at radius 3 is 1.73 bits per heavy atom. The Bertz CT molecular complexity index is 67.6. The zero-order valence-corrected chi connectivity index (χ0v) is 8.09. The fraction of sp³-hybridized carbons (Fsp3) is 1.00. The van der Waals surface area contributed by atoms with Gasteiger partial charge in [0.05, 0.1) is 13.2 Å². The number of hydrogen-bond acceptors (Lipinski definition) is 5. The first-order chi connectivity index (χ1) is 5.41. The Morgan fingerprint density at radius 1 is 0.909 bits per heavy atom. The molecule has 0 heterocycles. The molecule has 68 valence electrons. The summed E-state index contributed by atoms with van der Waals surface area (Å²) in [5.41, 5.74) is 0. The topological polar surface area (TPSA) is 52.5 Å². The molecule has 0 spiro atoms. The largest absolute Gasteiger partial charge is 0.396 e. The van der Waals surface area contributed by atoms with Crippen LogP contribution in [0.15, 0.2) is 0 Å². The van der Waals surface area contributed by atoms with E-state index in [9.17, 15) is 0 Å². The molecular weight excluding hydrogens is 182 g/mol. The maximum absolute atomic E-state index is 8.42. The summed E-state index contributed by atoms with van der Waals surface area (Å²) in [6, 6.07) is 0. The highest BCUT2D eigenvalue weighted by Crippen LogP contribution is 1.98. The van der Waals surface area contributed by atoms with Gasteiger partial charge in [0.1, 0.15) is 0 Å². The van der Waals surface area contributed by atoms with Gasteiger partial charge in [0.2, 0.25) is 0 Å². The number of thioether (sulfide) groups is 2. The molecule has 0 aliphatic heterocycles. The van der Waals surface area contributed by atoms with Crippen molar-refractivity contribution < 1.29 is 10.2 Å². The Hall–Kier alpha value is 0.580. The molecular formula is C6H15NO2S2. The lowest BCUT2D eigenvalue weighted by Gasteiger charge is -2.01. The average Bonchev–Trinajstić information content (AvgIpc) is 2.03. The summed E-state index contributed by atoms with van der Waals surface area (Å²) >= 11 is 3.35. The Labute approximate surface area is 75.9 Å². The first-order valence-electron chi connectivity index (χ1n) is 3.49. The molecule has 0 aromatic heterocycles. The normalized spacial score (nSPS) is 10.4. The zero-order chi connectivity index (χ0) is 8.36. The zero-order valence-electron chi connectivity index (χ0n) is 6.45. The second-order valence-corrected chi connectivity index (χ2v) is 4.01. The van der Waals surface area contributed by atoms with Crippen LogP contribution in [-0.2, 0) is 0 Å². The van der Waals surface area contributed by atoms with Crippen molar-refractivity contribution in [2.75, 3.05) is 36.5 Å². The molecule has 0 rings (SSSR count). The van der Waals surface area contributed by atoms with E-state index in [1.165, 1.54) is 0 Å². The number of hydrogen-bond donors (Lipinski definition) is 3. The third-order valence-corrected chi connectivity index (χ3v) is 2.64. The fourth-order valence-electron chi connectivity index (χ4n) is 0.459. The molecule has 0 aliphatic carbocycles. The van der Waals surface area contributed by atoms with Crippen LogP contribution in [-0.4, -0.2) is 46.7 Å². The lowest BCUT2D eigenvalue weighted by Crippen LogP contribution is -2.13. The average molecular weight is 197 g/mol. The summed E-state index contributed by atoms with van der Waals surface area (Å²) in [6.45, 7) is 0.492. The summed E-state index contributed by atoms with van der Waals surface area (Å²) in [7, 11) is 0. The van der Waals surface area contributed by atoms with Gasteiger partial charge < -0.3 is 10.2 Å². The van der Waals surface area contributed by atoms with E-state index in [4.69, 9.17) is 10.2 Å². The minimum Gasteiger partial charge on any atom is -0.396 e. The van der Waals surface area contributed by atoms with Crippen molar-refractivity contribution in [3.63, 3.8) is 0 Å². The Morgan fingerprint density at radius 2 is 1.36 bits per heavy atom. The van der Waals surface area contributed by atoms with Gasteiger partial charge >= 0.3 is 0 Å². The monoisotopic (exact) mass is 197 g/mol. The van der Waals surface area contributed by atoms with Crippen molar-refractivity contribution >= 4 is 23.5 Å². The second kappa shape index (κ2) is 10.6. The number of aliphatic hydroxyl groups is 2. The summed E-state index contributed by atoms with van der Waals surface area (Å²) in [5, 5.41) is 20.0. The predicted octanol–water partition coefficient (Wildman–Crippen LogP) is -0.0580. The molecule has 5 heteroatoms. The Kier molecular flexibility index (Phi) is 11.1. The van der Waals surface area contributed by atoms with E-state index < -0.39 is 0 Å². The van der Waals surface area contributed by atoms with Crippen LogP contribution in [0.4, 0.5) is 0 Å². The van der Waals surface area contributed by atoms with Gasteiger partial charge in [-0.15, -0.1) is 23.5 Å². The molecule has 0 amide bonds. The molecule has 0 fully saturated rings. The van der Waals surface area contributed by atoms with Gasteiger partial charge in [0.15, 0.2) is 0 Å². The van der Waals surface area contributed by atoms with Crippen LogP contribution in [0.25, 0.3) is 0 Å². The van der Waals surface area contributed by atoms with Crippen molar-refractivity contribution in [1.82, 2.24) is 5.32 Å². The third kappa shape index (κ3) is 10.6.